The van der Waals surface area contributed by atoms with Gasteiger partial charge in [-0.05, 0) is 118 Å². The number of aldehydes is 1. The molecule has 41 nitrogen and oxygen atoms in total. The van der Waals surface area contributed by atoms with Gasteiger partial charge < -0.3 is 183 Å². The third kappa shape index (κ3) is 31.4. The SMILES string of the molecule is CCC[C@H](O)CCCCCCCCCC(=O)O[C@@H]1[C@@H](O[C@H]2[C@H](O[C@@H]3[C@@H](O)[C@H](O)[C@@H](O[C@@H](CCC)CCCCCCCCCC(=O)O[C@@H]4[C@@H](O[C@H](CNc5ccc(OC)cc5)[C@@H](O)[C@H](O)[C@@H](O)C=O)O[C@H](C)[C@@H](OC(=O)[C@H](C)[C@H](C)O)[C@@H]4O[C@H]4O[C@H](C)[C@@H](O)[C@H](O)[C@@H]4O)O[C@H]3CO)O[C@H](CO)[C@@H](O)[C@@H]2O)O[C@H](C)[C@@H](OC(=O)[C@H](C)[C@H](C)O)[C@@H]1O[C@@H]1O[C@@H](C)[C@H](O)[C@@H](O)[C@H]1O. The highest BCUT2D eigenvalue weighted by Gasteiger charge is 2.60. The summed E-state index contributed by atoms with van der Waals surface area (Å²) in [5.74, 6) is -5.53. The molecule has 41 heteroatoms. The highest BCUT2D eigenvalue weighted by molar-refractivity contribution is 5.74. The van der Waals surface area contributed by atoms with Crippen LogP contribution in [0.2, 0.25) is 0 Å². The molecule has 19 N–H and O–H groups in total. The molecule has 0 spiro atoms. The predicted octanol–water partition coefficient (Wildman–Crippen LogP) is -0.614. The number of benzene rings is 1. The summed E-state index contributed by atoms with van der Waals surface area (Å²) in [5.41, 5.74) is 0.440. The van der Waals surface area contributed by atoms with E-state index in [0.717, 1.165) is 44.9 Å². The van der Waals surface area contributed by atoms with E-state index in [1.54, 1.807) is 24.3 Å². The molecule has 0 bridgehead atoms. The Balaban J connectivity index is 1.01. The molecule has 7 rings (SSSR count). The van der Waals surface area contributed by atoms with Crippen molar-refractivity contribution in [2.24, 2.45) is 11.8 Å². The largest absolute Gasteiger partial charge is 0.497 e. The quantitative estimate of drug-likeness (QED) is 0.0167. The summed E-state index contributed by atoms with van der Waals surface area (Å²) >= 11 is 0. The zero-order valence-corrected chi connectivity index (χ0v) is 75.2. The fourth-order valence-electron chi connectivity index (χ4n) is 16.0. The smallest absolute Gasteiger partial charge is 0.311 e. The third-order valence-electron chi connectivity index (χ3n) is 24.6. The van der Waals surface area contributed by atoms with Crippen LogP contribution < -0.4 is 10.1 Å². The number of ether oxygens (including phenoxy) is 17. The Kier molecular flexibility index (Phi) is 47.0. The number of anilines is 1. The zero-order valence-electron chi connectivity index (χ0n) is 75.2. The molecule has 0 aliphatic carbocycles. The molecule has 1 aromatic rings. The molecule has 40 atom stereocenters. The highest BCUT2D eigenvalue weighted by atomic mass is 16.8. The minimum atomic E-state index is -2.16. The molecule has 6 saturated heterocycles. The van der Waals surface area contributed by atoms with Crippen LogP contribution in [0.3, 0.4) is 0 Å². The number of aliphatic hydroxyl groups excluding tert-OH is 18. The van der Waals surface area contributed by atoms with Gasteiger partial charge in [0.15, 0.2) is 68.4 Å². The maximum atomic E-state index is 14.3. The predicted molar refractivity (Wildman–Crippen MR) is 444 cm³/mol. The number of hydrogen-bond acceptors (Lipinski definition) is 41. The molecule has 6 aliphatic rings. The fraction of sp³-hybridized carbons (Fsp3) is 0.874. The first-order valence-corrected chi connectivity index (χ1v) is 45.4. The summed E-state index contributed by atoms with van der Waals surface area (Å²) in [6, 6.07) is 6.46. The van der Waals surface area contributed by atoms with E-state index < -0.39 is 276 Å². The molecule has 6 aliphatic heterocycles. The van der Waals surface area contributed by atoms with Crippen LogP contribution in [-0.4, -0.2) is 382 Å². The van der Waals surface area contributed by atoms with Crippen molar-refractivity contribution in [3.05, 3.63) is 24.3 Å². The average Bonchev–Trinajstić information content (AvgIpc) is 0.768. The van der Waals surface area contributed by atoms with Crippen LogP contribution >= 0.6 is 0 Å². The van der Waals surface area contributed by atoms with Crippen molar-refractivity contribution in [1.29, 1.82) is 0 Å². The maximum Gasteiger partial charge on any atom is 0.311 e. The fourth-order valence-corrected chi connectivity index (χ4v) is 16.0. The normalized spacial score (nSPS) is 35.9. The number of hydrogen-bond donors (Lipinski definition) is 19. The lowest BCUT2D eigenvalue weighted by Crippen LogP contribution is -2.68. The van der Waals surface area contributed by atoms with Crippen molar-refractivity contribution < 1.29 is 196 Å². The van der Waals surface area contributed by atoms with E-state index in [2.05, 4.69) is 5.32 Å². The lowest BCUT2D eigenvalue weighted by molar-refractivity contribution is -0.396. The van der Waals surface area contributed by atoms with Crippen molar-refractivity contribution in [1.82, 2.24) is 0 Å². The van der Waals surface area contributed by atoms with Crippen LogP contribution in [0.15, 0.2) is 24.3 Å². The van der Waals surface area contributed by atoms with Gasteiger partial charge in [-0.1, -0.05) is 104 Å². The second-order valence-corrected chi connectivity index (χ2v) is 34.8. The second kappa shape index (κ2) is 54.6. The van der Waals surface area contributed by atoms with Gasteiger partial charge in [0.25, 0.3) is 0 Å². The Hall–Kier alpha value is -4.83. The third-order valence-corrected chi connectivity index (χ3v) is 24.6. The number of methoxy groups -OCH3 is 1. The van der Waals surface area contributed by atoms with Gasteiger partial charge in [0, 0.05) is 25.1 Å². The van der Waals surface area contributed by atoms with E-state index in [1.165, 1.54) is 62.5 Å². The van der Waals surface area contributed by atoms with Gasteiger partial charge >= 0.3 is 23.9 Å². The molecule has 740 valence electrons. The topological polar surface area (TPSA) is 618 Å². The van der Waals surface area contributed by atoms with Crippen LogP contribution in [-0.2, 0) is 99.8 Å². The van der Waals surface area contributed by atoms with Crippen molar-refractivity contribution >= 4 is 35.9 Å². The lowest BCUT2D eigenvalue weighted by Gasteiger charge is -2.50. The second-order valence-electron chi connectivity index (χ2n) is 34.8. The summed E-state index contributed by atoms with van der Waals surface area (Å²) in [5, 5.41) is 202. The van der Waals surface area contributed by atoms with E-state index in [4.69, 9.17) is 80.5 Å². The minimum absolute atomic E-state index is 0.00861. The molecule has 1 aromatic carbocycles. The Morgan fingerprint density at radius 2 is 0.820 bits per heavy atom. The van der Waals surface area contributed by atoms with Gasteiger partial charge in [-0.3, -0.25) is 19.2 Å². The van der Waals surface area contributed by atoms with Crippen molar-refractivity contribution in [3.63, 3.8) is 0 Å². The number of esters is 4. The minimum Gasteiger partial charge on any atom is -0.497 e. The van der Waals surface area contributed by atoms with Crippen LogP contribution in [0.4, 0.5) is 5.69 Å². The molecule has 0 unspecified atom stereocenters. The van der Waals surface area contributed by atoms with Crippen molar-refractivity contribution in [2.75, 3.05) is 32.2 Å². The molecule has 0 amide bonds. The zero-order chi connectivity index (χ0) is 94.5. The summed E-state index contributed by atoms with van der Waals surface area (Å²) in [7, 11) is 1.46. The van der Waals surface area contributed by atoms with Gasteiger partial charge in [0.05, 0.1) is 81.0 Å². The molecular weight excluding hydrogens is 1700 g/mol. The molecule has 0 aromatic heterocycles. The number of rotatable bonds is 54. The summed E-state index contributed by atoms with van der Waals surface area (Å²) in [6.07, 6.45) is -51.3. The van der Waals surface area contributed by atoms with Gasteiger partial charge in [0.1, 0.15) is 128 Å². The molecule has 0 radical (unpaired) electrons. The standard InChI is InChI=1S/C87H147NO40/c1-12-28-51(94)30-24-20-16-14-18-22-27-33-59(97)122-79-77(128-83-70(108)66(104)61(99)47(8)114-83)73(124-81(111)43(4)45(6)93)49(10)116-87(79)126-75-67(105)64(102)56(40-90)119-85(75)125-74-57(41-91)120-84(71(109)68(74)106)117-53(29-13-2)31-25-21-17-15-19-23-26-32-58(96)121-78-76(127-82-69(107)65(103)60(98)46(7)113-82)72(123-80(110)42(3)44(5)92)48(9)115-86(78)118-55(63(101)62(100)54(95)39-89)38-88-50-34-36-52(112-11)37-35-50/h34-37,39,42-49,51,53-57,60-79,82-88,90-95,98-109H,12-33,38,40-41H2,1-11H3/t42-,43-,44+,45+,46-,47+,48-,49-,51+,53+,54+,55-,56-,57+,60-,61+,62-,63-,64-,65+,66-,67+,68+,69+,70-,71+,72-,73-,74+,75-,76+,77+,78+,79+,82-,83+,84+,85+,86-,87-/m1/s1. The van der Waals surface area contributed by atoms with Gasteiger partial charge in [-0.15, -0.1) is 0 Å². The van der Waals surface area contributed by atoms with E-state index in [0.29, 0.717) is 88.5 Å². The van der Waals surface area contributed by atoms with Crippen molar-refractivity contribution in [3.8, 4) is 5.75 Å². The maximum absolute atomic E-state index is 14.3. The average molecular weight is 1850 g/mol. The number of carbonyl (C=O) groups excluding carboxylic acids is 5. The van der Waals surface area contributed by atoms with Gasteiger partial charge in [-0.25, -0.2) is 0 Å². The molecule has 0 saturated carbocycles. The Morgan fingerprint density at radius 1 is 0.406 bits per heavy atom. The molecule has 128 heavy (non-hydrogen) atoms. The Morgan fingerprint density at radius 3 is 1.29 bits per heavy atom. The Labute approximate surface area is 747 Å². The van der Waals surface area contributed by atoms with Gasteiger partial charge in [0.2, 0.25) is 0 Å². The van der Waals surface area contributed by atoms with Gasteiger partial charge in [-0.2, -0.15) is 0 Å². The van der Waals surface area contributed by atoms with E-state index in [9.17, 15) is 116 Å². The first-order chi connectivity index (χ1) is 60.8. The van der Waals surface area contributed by atoms with Crippen LogP contribution in [0.25, 0.3) is 0 Å². The first-order valence-electron chi connectivity index (χ1n) is 45.4. The van der Waals surface area contributed by atoms with E-state index in [1.807, 2.05) is 13.8 Å². The lowest BCUT2D eigenvalue weighted by atomic mass is 9.95. The van der Waals surface area contributed by atoms with Crippen LogP contribution in [0, 0.1) is 11.8 Å². The van der Waals surface area contributed by atoms with E-state index >= 15 is 0 Å². The van der Waals surface area contributed by atoms with Crippen LogP contribution in [0.1, 0.15) is 210 Å². The number of carbonyl (C=O) groups is 5. The number of nitrogens with one attached hydrogen (secondary N) is 1. The highest BCUT2D eigenvalue weighted by Crippen LogP contribution is 2.40. The van der Waals surface area contributed by atoms with Crippen LogP contribution in [0.5, 0.6) is 5.75 Å². The monoisotopic (exact) mass is 1850 g/mol. The molecule has 6 fully saturated rings. The number of aliphatic hydroxyl groups is 18. The summed E-state index contributed by atoms with van der Waals surface area (Å²) in [6.45, 7) is 12.7. The number of unbranched alkanes of at least 4 members (excludes halogenated alkanes) is 12. The molecular formula is C87H147NO40. The Bertz CT molecular complexity index is 3340. The molecule has 6 heterocycles. The van der Waals surface area contributed by atoms with Crippen molar-refractivity contribution in [2.45, 2.75) is 444 Å². The summed E-state index contributed by atoms with van der Waals surface area (Å²) in [4.78, 5) is 67.7. The summed E-state index contributed by atoms with van der Waals surface area (Å²) < 4.78 is 104. The van der Waals surface area contributed by atoms with E-state index in [-0.39, 0.29) is 38.2 Å². The first kappa shape index (κ1) is 110.